The highest BCUT2D eigenvalue weighted by Crippen LogP contribution is 2.45. The number of halogens is 1. The summed E-state index contributed by atoms with van der Waals surface area (Å²) in [6.07, 6.45) is 7.55. The molecule has 6 heteroatoms. The Morgan fingerprint density at radius 2 is 1.87 bits per heavy atom. The Morgan fingerprint density at radius 3 is 2.48 bits per heavy atom. The van der Waals surface area contributed by atoms with E-state index in [4.69, 9.17) is 22.3 Å². The first-order valence-corrected chi connectivity index (χ1v) is 11.4. The van der Waals surface area contributed by atoms with Gasteiger partial charge in [0.1, 0.15) is 17.7 Å². The fourth-order valence-corrected chi connectivity index (χ4v) is 5.21. The number of carbonyl (C=O) groups excluding carboxylic acids is 2. The van der Waals surface area contributed by atoms with Crippen molar-refractivity contribution in [1.82, 2.24) is 4.90 Å². The van der Waals surface area contributed by atoms with Gasteiger partial charge in [0.05, 0.1) is 6.04 Å². The number of nitrogen functional groups attached to an aromatic ring is 1. The van der Waals surface area contributed by atoms with Crippen LogP contribution < -0.4 is 5.73 Å². The third kappa shape index (κ3) is 4.11. The third-order valence-electron chi connectivity index (χ3n) is 6.37. The molecule has 4 rings (SSSR count). The van der Waals surface area contributed by atoms with Crippen molar-refractivity contribution in [2.45, 2.75) is 63.6 Å². The maximum atomic E-state index is 13.9. The maximum Gasteiger partial charge on any atom is 0.275 e. The SMILES string of the molecule is CCCC(c1ccc(C=O)cc1)N1C(=O)C(c2cc(N)cc(Cl)c2)=NC12CCCCC2. The lowest BCUT2D eigenvalue weighted by molar-refractivity contribution is -0.132. The van der Waals surface area contributed by atoms with Crippen LogP contribution in [0.1, 0.15) is 79.4 Å². The van der Waals surface area contributed by atoms with E-state index < -0.39 is 5.66 Å². The molecule has 1 fully saturated rings. The highest BCUT2D eigenvalue weighted by molar-refractivity contribution is 6.47. The summed E-state index contributed by atoms with van der Waals surface area (Å²) in [7, 11) is 0. The minimum absolute atomic E-state index is 0.0681. The van der Waals surface area contributed by atoms with Crippen molar-refractivity contribution in [1.29, 1.82) is 0 Å². The summed E-state index contributed by atoms with van der Waals surface area (Å²) >= 11 is 6.24. The van der Waals surface area contributed by atoms with Gasteiger partial charge in [-0.15, -0.1) is 0 Å². The standard InChI is InChI=1S/C25H28ClN3O2/c1-2-6-22(18-9-7-17(16-30)8-10-18)29-24(31)23(19-13-20(26)15-21(27)14-19)28-25(29)11-4-3-5-12-25/h7-10,13-16,22H,2-6,11-12,27H2,1H3. The maximum absolute atomic E-state index is 13.9. The average Bonchev–Trinajstić information content (AvgIpc) is 3.03. The van der Waals surface area contributed by atoms with Gasteiger partial charge in [-0.25, -0.2) is 0 Å². The van der Waals surface area contributed by atoms with Crippen LogP contribution in [0.15, 0.2) is 47.5 Å². The Hall–Kier alpha value is -2.66. The van der Waals surface area contributed by atoms with Gasteiger partial charge in [0.2, 0.25) is 0 Å². The molecular weight excluding hydrogens is 410 g/mol. The van der Waals surface area contributed by atoms with Gasteiger partial charge in [-0.1, -0.05) is 55.6 Å². The average molecular weight is 438 g/mol. The molecule has 1 aliphatic carbocycles. The van der Waals surface area contributed by atoms with Gasteiger partial charge in [0, 0.05) is 21.8 Å². The monoisotopic (exact) mass is 437 g/mol. The first-order valence-electron chi connectivity index (χ1n) is 11.0. The normalized spacial score (nSPS) is 18.8. The number of benzene rings is 2. The number of nitrogens with two attached hydrogens (primary N) is 1. The zero-order valence-electron chi connectivity index (χ0n) is 17.8. The Labute approximate surface area is 188 Å². The Bertz CT molecular complexity index is 990. The highest BCUT2D eigenvalue weighted by atomic mass is 35.5. The molecule has 1 saturated carbocycles. The van der Waals surface area contributed by atoms with Gasteiger partial charge >= 0.3 is 0 Å². The summed E-state index contributed by atoms with van der Waals surface area (Å²) < 4.78 is 0. The van der Waals surface area contributed by atoms with E-state index in [1.54, 1.807) is 18.2 Å². The summed E-state index contributed by atoms with van der Waals surface area (Å²) in [5.74, 6) is -0.0681. The van der Waals surface area contributed by atoms with Crippen LogP contribution in [0, 0.1) is 0 Å². The lowest BCUT2D eigenvalue weighted by atomic mass is 9.86. The van der Waals surface area contributed by atoms with E-state index in [1.165, 1.54) is 0 Å². The van der Waals surface area contributed by atoms with Crippen LogP contribution in [0.4, 0.5) is 5.69 Å². The van der Waals surface area contributed by atoms with Gasteiger partial charge < -0.3 is 10.6 Å². The molecular formula is C25H28ClN3O2. The summed E-state index contributed by atoms with van der Waals surface area (Å²) in [4.78, 5) is 32.1. The van der Waals surface area contributed by atoms with E-state index in [2.05, 4.69) is 6.92 Å². The van der Waals surface area contributed by atoms with Gasteiger partial charge in [0.15, 0.2) is 0 Å². The van der Waals surface area contributed by atoms with E-state index in [1.807, 2.05) is 29.2 Å². The summed E-state index contributed by atoms with van der Waals surface area (Å²) in [6.45, 7) is 2.13. The van der Waals surface area contributed by atoms with Crippen LogP contribution in [0.2, 0.25) is 5.02 Å². The number of aliphatic imine (C=N–C) groups is 1. The summed E-state index contributed by atoms with van der Waals surface area (Å²) in [6, 6.07) is 12.7. The second-order valence-electron chi connectivity index (χ2n) is 8.54. The topological polar surface area (TPSA) is 75.8 Å². The quantitative estimate of drug-likeness (QED) is 0.474. The molecule has 2 aliphatic rings. The van der Waals surface area contributed by atoms with Gasteiger partial charge in [0.25, 0.3) is 5.91 Å². The van der Waals surface area contributed by atoms with Crippen LogP contribution in [-0.2, 0) is 4.79 Å². The molecule has 162 valence electrons. The van der Waals surface area contributed by atoms with Gasteiger partial charge in [-0.3, -0.25) is 14.6 Å². The predicted octanol–water partition coefficient (Wildman–Crippen LogP) is 5.57. The minimum Gasteiger partial charge on any atom is -0.399 e. The van der Waals surface area contributed by atoms with Crippen molar-refractivity contribution in [3.8, 4) is 0 Å². The largest absolute Gasteiger partial charge is 0.399 e. The molecule has 1 atom stereocenters. The van der Waals surface area contributed by atoms with Gasteiger partial charge in [-0.2, -0.15) is 0 Å². The number of anilines is 1. The molecule has 1 amide bonds. The second-order valence-corrected chi connectivity index (χ2v) is 8.98. The molecule has 2 aromatic carbocycles. The molecule has 0 aromatic heterocycles. The molecule has 31 heavy (non-hydrogen) atoms. The second kappa shape index (κ2) is 8.83. The molecule has 1 aliphatic heterocycles. The Balaban J connectivity index is 1.80. The van der Waals surface area contributed by atoms with E-state index in [0.29, 0.717) is 27.5 Å². The van der Waals surface area contributed by atoms with E-state index in [0.717, 1.165) is 56.8 Å². The van der Waals surface area contributed by atoms with Crippen molar-refractivity contribution in [2.75, 3.05) is 5.73 Å². The highest BCUT2D eigenvalue weighted by Gasteiger charge is 2.50. The minimum atomic E-state index is -0.537. The van der Waals surface area contributed by atoms with Crippen molar-refractivity contribution in [3.05, 3.63) is 64.2 Å². The van der Waals surface area contributed by atoms with E-state index in [9.17, 15) is 9.59 Å². The van der Waals surface area contributed by atoms with Crippen LogP contribution in [0.5, 0.6) is 0 Å². The van der Waals surface area contributed by atoms with Crippen LogP contribution >= 0.6 is 11.6 Å². The molecule has 2 N–H and O–H groups in total. The van der Waals surface area contributed by atoms with Crippen molar-refractivity contribution in [2.24, 2.45) is 4.99 Å². The smallest absolute Gasteiger partial charge is 0.275 e. The predicted molar refractivity (Wildman–Crippen MR) is 125 cm³/mol. The molecule has 5 nitrogen and oxygen atoms in total. The molecule has 0 saturated heterocycles. The van der Waals surface area contributed by atoms with E-state index >= 15 is 0 Å². The fourth-order valence-electron chi connectivity index (χ4n) is 4.97. The molecule has 2 aromatic rings. The zero-order valence-corrected chi connectivity index (χ0v) is 18.6. The molecule has 1 heterocycles. The van der Waals surface area contributed by atoms with Crippen molar-refractivity contribution < 1.29 is 9.59 Å². The number of nitrogens with zero attached hydrogens (tertiary/aromatic N) is 2. The first kappa shape index (κ1) is 21.6. The molecule has 1 unspecified atom stereocenters. The first-order chi connectivity index (χ1) is 15.0. The Kier molecular flexibility index (Phi) is 6.15. The lowest BCUT2D eigenvalue weighted by Crippen LogP contribution is -2.50. The number of amides is 1. The Morgan fingerprint density at radius 1 is 1.16 bits per heavy atom. The molecule has 0 bridgehead atoms. The lowest BCUT2D eigenvalue weighted by Gasteiger charge is -2.44. The number of hydrogen-bond donors (Lipinski definition) is 1. The summed E-state index contributed by atoms with van der Waals surface area (Å²) in [5.41, 5.74) is 8.78. The van der Waals surface area contributed by atoms with Crippen molar-refractivity contribution >= 4 is 35.2 Å². The number of rotatable bonds is 6. The van der Waals surface area contributed by atoms with E-state index in [-0.39, 0.29) is 11.9 Å². The third-order valence-corrected chi connectivity index (χ3v) is 6.59. The van der Waals surface area contributed by atoms with Crippen LogP contribution in [0.3, 0.4) is 0 Å². The molecule has 0 radical (unpaired) electrons. The number of aldehydes is 1. The van der Waals surface area contributed by atoms with Crippen molar-refractivity contribution in [3.63, 3.8) is 0 Å². The molecule has 1 spiro atoms. The fraction of sp³-hybridized carbons (Fsp3) is 0.400. The van der Waals surface area contributed by atoms with Crippen LogP contribution in [-0.4, -0.2) is 28.5 Å². The summed E-state index contributed by atoms with van der Waals surface area (Å²) in [5, 5.41) is 0.496. The van der Waals surface area contributed by atoms with Gasteiger partial charge in [-0.05, 0) is 55.9 Å². The number of hydrogen-bond acceptors (Lipinski definition) is 4. The van der Waals surface area contributed by atoms with Crippen LogP contribution in [0.25, 0.3) is 0 Å². The zero-order chi connectivity index (χ0) is 22.0. The number of carbonyl (C=O) groups is 2.